The summed E-state index contributed by atoms with van der Waals surface area (Å²) in [6.45, 7) is 11.4. The quantitative estimate of drug-likeness (QED) is 0.816. The number of nitrogens with zero attached hydrogens (tertiary/aromatic N) is 1. The lowest BCUT2D eigenvalue weighted by molar-refractivity contribution is -0.902. The lowest BCUT2D eigenvalue weighted by Crippen LogP contribution is -3.14. The Bertz CT molecular complexity index is 434. The fourth-order valence-electron chi connectivity index (χ4n) is 2.44. The SMILES string of the molecule is CC[NH+]1CCN(C(=O)c2ccc(C)c(C)c2)CC1. The highest BCUT2D eigenvalue weighted by molar-refractivity contribution is 5.94. The van der Waals surface area contributed by atoms with Crippen LogP contribution in [0.25, 0.3) is 0 Å². The molecule has 1 heterocycles. The average molecular weight is 247 g/mol. The Morgan fingerprint density at radius 3 is 2.44 bits per heavy atom. The summed E-state index contributed by atoms with van der Waals surface area (Å²) in [5.41, 5.74) is 3.27. The Balaban J connectivity index is 2.05. The first-order chi connectivity index (χ1) is 8.61. The van der Waals surface area contributed by atoms with E-state index in [0.29, 0.717) is 0 Å². The predicted octanol–water partition coefficient (Wildman–Crippen LogP) is 0.664. The Hall–Kier alpha value is -1.35. The smallest absolute Gasteiger partial charge is 0.254 e. The van der Waals surface area contributed by atoms with Gasteiger partial charge in [0.25, 0.3) is 5.91 Å². The summed E-state index contributed by atoms with van der Waals surface area (Å²) >= 11 is 0. The highest BCUT2D eigenvalue weighted by atomic mass is 16.2. The van der Waals surface area contributed by atoms with Crippen molar-refractivity contribution < 1.29 is 9.69 Å². The molecule has 3 heteroatoms. The van der Waals surface area contributed by atoms with Gasteiger partial charge in [0.05, 0.1) is 32.7 Å². The maximum atomic E-state index is 12.4. The van der Waals surface area contributed by atoms with Crippen molar-refractivity contribution in [2.75, 3.05) is 32.7 Å². The zero-order valence-electron chi connectivity index (χ0n) is 11.6. The number of hydrogen-bond donors (Lipinski definition) is 1. The Labute approximate surface area is 109 Å². The molecular formula is C15H23N2O+. The molecule has 0 aromatic heterocycles. The molecule has 2 rings (SSSR count). The first-order valence-electron chi connectivity index (χ1n) is 6.82. The minimum Gasteiger partial charge on any atom is -0.332 e. The van der Waals surface area contributed by atoms with Crippen molar-refractivity contribution in [3.63, 3.8) is 0 Å². The number of carbonyl (C=O) groups is 1. The van der Waals surface area contributed by atoms with Crippen LogP contribution >= 0.6 is 0 Å². The fourth-order valence-corrected chi connectivity index (χ4v) is 2.44. The van der Waals surface area contributed by atoms with E-state index in [0.717, 1.165) is 38.3 Å². The molecule has 1 aliphatic heterocycles. The van der Waals surface area contributed by atoms with Crippen molar-refractivity contribution in [2.24, 2.45) is 0 Å². The standard InChI is InChI=1S/C15H22N2O/c1-4-16-7-9-17(10-8-16)15(18)14-6-5-12(2)13(3)11-14/h5-6,11H,4,7-10H2,1-3H3/p+1. The number of likely N-dealkylation sites (N-methyl/N-ethyl adjacent to an activating group) is 1. The second kappa shape index (κ2) is 5.53. The normalized spacial score (nSPS) is 16.9. The largest absolute Gasteiger partial charge is 0.332 e. The van der Waals surface area contributed by atoms with Crippen molar-refractivity contribution in [2.45, 2.75) is 20.8 Å². The summed E-state index contributed by atoms with van der Waals surface area (Å²) in [5, 5.41) is 0. The number of hydrogen-bond acceptors (Lipinski definition) is 1. The van der Waals surface area contributed by atoms with Crippen molar-refractivity contribution in [1.29, 1.82) is 0 Å². The van der Waals surface area contributed by atoms with Crippen LogP contribution in [0, 0.1) is 13.8 Å². The van der Waals surface area contributed by atoms with Gasteiger partial charge in [-0.05, 0) is 44.0 Å². The number of piperazine rings is 1. The van der Waals surface area contributed by atoms with Gasteiger partial charge in [0, 0.05) is 5.56 Å². The number of amides is 1. The number of rotatable bonds is 2. The van der Waals surface area contributed by atoms with Crippen LogP contribution in [-0.2, 0) is 0 Å². The van der Waals surface area contributed by atoms with E-state index in [1.165, 1.54) is 11.1 Å². The van der Waals surface area contributed by atoms with Gasteiger partial charge in [-0.2, -0.15) is 0 Å². The molecule has 0 saturated carbocycles. The number of quaternary nitrogens is 1. The first kappa shape index (κ1) is 13.1. The van der Waals surface area contributed by atoms with Gasteiger partial charge < -0.3 is 9.80 Å². The Kier molecular flexibility index (Phi) is 4.02. The summed E-state index contributed by atoms with van der Waals surface area (Å²) in [7, 11) is 0. The van der Waals surface area contributed by atoms with Crippen molar-refractivity contribution in [1.82, 2.24) is 4.90 Å². The zero-order valence-corrected chi connectivity index (χ0v) is 11.6. The van der Waals surface area contributed by atoms with E-state index in [2.05, 4.69) is 20.8 Å². The molecule has 1 aromatic rings. The van der Waals surface area contributed by atoms with Crippen LogP contribution in [0.4, 0.5) is 0 Å². The van der Waals surface area contributed by atoms with Crippen LogP contribution in [-0.4, -0.2) is 43.5 Å². The van der Waals surface area contributed by atoms with Crippen LogP contribution in [0.3, 0.4) is 0 Å². The molecule has 3 nitrogen and oxygen atoms in total. The molecule has 1 aromatic carbocycles. The molecule has 1 amide bonds. The fraction of sp³-hybridized carbons (Fsp3) is 0.533. The van der Waals surface area contributed by atoms with Gasteiger partial charge in [-0.25, -0.2) is 0 Å². The second-order valence-corrected chi connectivity index (χ2v) is 5.19. The van der Waals surface area contributed by atoms with Crippen molar-refractivity contribution >= 4 is 5.91 Å². The second-order valence-electron chi connectivity index (χ2n) is 5.19. The molecule has 18 heavy (non-hydrogen) atoms. The summed E-state index contributed by atoms with van der Waals surface area (Å²) in [4.78, 5) is 16.0. The molecule has 0 aliphatic carbocycles. The van der Waals surface area contributed by atoms with Gasteiger partial charge in [-0.15, -0.1) is 0 Å². The number of carbonyl (C=O) groups excluding carboxylic acids is 1. The minimum absolute atomic E-state index is 0.188. The number of benzene rings is 1. The first-order valence-corrected chi connectivity index (χ1v) is 6.82. The van der Waals surface area contributed by atoms with Gasteiger partial charge in [-0.3, -0.25) is 4.79 Å². The molecule has 0 radical (unpaired) electrons. The molecule has 1 saturated heterocycles. The van der Waals surface area contributed by atoms with Crippen LogP contribution in [0.5, 0.6) is 0 Å². The van der Waals surface area contributed by atoms with E-state index in [1.54, 1.807) is 4.90 Å². The predicted molar refractivity (Wildman–Crippen MR) is 73.1 cm³/mol. The van der Waals surface area contributed by atoms with E-state index < -0.39 is 0 Å². The molecule has 0 atom stereocenters. The average Bonchev–Trinajstić information content (AvgIpc) is 2.41. The third kappa shape index (κ3) is 2.72. The minimum atomic E-state index is 0.188. The summed E-state index contributed by atoms with van der Waals surface area (Å²) < 4.78 is 0. The van der Waals surface area contributed by atoms with E-state index in [-0.39, 0.29) is 5.91 Å². The Morgan fingerprint density at radius 2 is 1.89 bits per heavy atom. The molecule has 0 unspecified atom stereocenters. The van der Waals surface area contributed by atoms with E-state index >= 15 is 0 Å². The number of aryl methyl sites for hydroxylation is 2. The van der Waals surface area contributed by atoms with Gasteiger partial charge in [-0.1, -0.05) is 6.07 Å². The van der Waals surface area contributed by atoms with Gasteiger partial charge in [0.1, 0.15) is 0 Å². The van der Waals surface area contributed by atoms with Crippen molar-refractivity contribution in [3.05, 3.63) is 34.9 Å². The highest BCUT2D eigenvalue weighted by Gasteiger charge is 2.23. The maximum absolute atomic E-state index is 12.4. The highest BCUT2D eigenvalue weighted by Crippen LogP contribution is 2.12. The molecule has 1 fully saturated rings. The summed E-state index contributed by atoms with van der Waals surface area (Å²) in [5.74, 6) is 0.188. The lowest BCUT2D eigenvalue weighted by atomic mass is 10.1. The van der Waals surface area contributed by atoms with E-state index in [9.17, 15) is 4.79 Å². The van der Waals surface area contributed by atoms with E-state index in [1.807, 2.05) is 23.1 Å². The lowest BCUT2D eigenvalue weighted by Gasteiger charge is -2.31. The molecule has 0 spiro atoms. The van der Waals surface area contributed by atoms with E-state index in [4.69, 9.17) is 0 Å². The zero-order chi connectivity index (χ0) is 13.1. The summed E-state index contributed by atoms with van der Waals surface area (Å²) in [6.07, 6.45) is 0. The van der Waals surface area contributed by atoms with Crippen molar-refractivity contribution in [3.8, 4) is 0 Å². The third-order valence-corrected chi connectivity index (χ3v) is 4.01. The molecule has 1 aliphatic rings. The maximum Gasteiger partial charge on any atom is 0.254 e. The van der Waals surface area contributed by atoms with Gasteiger partial charge >= 0.3 is 0 Å². The molecule has 98 valence electrons. The topological polar surface area (TPSA) is 24.8 Å². The van der Waals surface area contributed by atoms with Gasteiger partial charge in [0.15, 0.2) is 0 Å². The van der Waals surface area contributed by atoms with Crippen LogP contribution in [0.15, 0.2) is 18.2 Å². The van der Waals surface area contributed by atoms with Crippen LogP contribution in [0.2, 0.25) is 0 Å². The monoisotopic (exact) mass is 247 g/mol. The molecule has 0 bridgehead atoms. The van der Waals surface area contributed by atoms with Crippen LogP contribution < -0.4 is 4.90 Å². The molecule has 1 N–H and O–H groups in total. The van der Waals surface area contributed by atoms with Crippen LogP contribution in [0.1, 0.15) is 28.4 Å². The summed E-state index contributed by atoms with van der Waals surface area (Å²) in [6, 6.07) is 6.00. The third-order valence-electron chi connectivity index (χ3n) is 4.01. The molecular weight excluding hydrogens is 224 g/mol. The number of nitrogens with one attached hydrogen (secondary N) is 1. The van der Waals surface area contributed by atoms with Gasteiger partial charge in [0.2, 0.25) is 0 Å². The Morgan fingerprint density at radius 1 is 1.22 bits per heavy atom.